The third kappa shape index (κ3) is 2.73. The summed E-state index contributed by atoms with van der Waals surface area (Å²) >= 11 is 5.66. The summed E-state index contributed by atoms with van der Waals surface area (Å²) < 4.78 is 0. The zero-order valence-electron chi connectivity index (χ0n) is 6.70. The normalized spacial score (nSPS) is 10.6. The molecule has 2 nitrogen and oxygen atoms in total. The van der Waals surface area contributed by atoms with Crippen LogP contribution in [0, 0.1) is 11.3 Å². The average molecular weight is 192 g/mol. The maximum Gasteiger partial charge on any atom is 0.160 e. The lowest BCUT2D eigenvalue weighted by Gasteiger charge is -1.92. The van der Waals surface area contributed by atoms with Crippen molar-refractivity contribution in [1.29, 1.82) is 5.26 Å². The van der Waals surface area contributed by atoms with E-state index >= 15 is 0 Å². The monoisotopic (exact) mass is 191 g/mol. The lowest BCUT2D eigenvalue weighted by molar-refractivity contribution is -0.104. The highest BCUT2D eigenvalue weighted by atomic mass is 35.5. The number of hydrogen-bond donors (Lipinski definition) is 0. The minimum absolute atomic E-state index is 0.0994. The Hall–Kier alpha value is -1.59. The van der Waals surface area contributed by atoms with Gasteiger partial charge >= 0.3 is 0 Å². The van der Waals surface area contributed by atoms with E-state index in [1.54, 1.807) is 30.3 Å². The van der Waals surface area contributed by atoms with E-state index in [0.29, 0.717) is 11.3 Å². The van der Waals surface area contributed by atoms with Gasteiger partial charge in [-0.3, -0.25) is 4.79 Å². The van der Waals surface area contributed by atoms with Crippen LogP contribution in [0.1, 0.15) is 5.56 Å². The molecule has 64 valence electrons. The van der Waals surface area contributed by atoms with Gasteiger partial charge in [0.05, 0.1) is 5.57 Å². The van der Waals surface area contributed by atoms with E-state index in [4.69, 9.17) is 16.9 Å². The summed E-state index contributed by atoms with van der Waals surface area (Å²) in [5, 5.41) is 9.09. The highest BCUT2D eigenvalue weighted by Crippen LogP contribution is 2.11. The quantitative estimate of drug-likeness (QED) is 0.409. The lowest BCUT2D eigenvalue weighted by atomic mass is 10.1. The molecule has 0 spiro atoms. The first-order valence-electron chi connectivity index (χ1n) is 3.59. The molecular weight excluding hydrogens is 186 g/mol. The fourth-order valence-corrected chi connectivity index (χ4v) is 0.957. The van der Waals surface area contributed by atoms with Crippen LogP contribution in [0.15, 0.2) is 29.8 Å². The summed E-state index contributed by atoms with van der Waals surface area (Å²) in [7, 11) is 0. The molecule has 0 aliphatic heterocycles. The molecule has 0 radical (unpaired) electrons. The summed E-state index contributed by atoms with van der Waals surface area (Å²) in [5.74, 6) is 0. The second-order valence-electron chi connectivity index (χ2n) is 2.38. The maximum absolute atomic E-state index is 10.3. The molecule has 1 aromatic rings. The molecule has 0 N–H and O–H groups in total. The molecule has 0 aliphatic carbocycles. The van der Waals surface area contributed by atoms with Crippen molar-refractivity contribution in [2.24, 2.45) is 0 Å². The zero-order valence-corrected chi connectivity index (χ0v) is 7.45. The molecule has 0 saturated heterocycles. The number of aldehydes is 1. The van der Waals surface area contributed by atoms with Crippen LogP contribution in [0.4, 0.5) is 0 Å². The number of nitriles is 1. The van der Waals surface area contributed by atoms with Gasteiger partial charge in [-0.2, -0.15) is 5.26 Å². The van der Waals surface area contributed by atoms with Crippen molar-refractivity contribution >= 4 is 24.0 Å². The fourth-order valence-electron chi connectivity index (χ4n) is 0.831. The smallest absolute Gasteiger partial charge is 0.160 e. The van der Waals surface area contributed by atoms with Crippen molar-refractivity contribution in [3.8, 4) is 6.07 Å². The van der Waals surface area contributed by atoms with Gasteiger partial charge in [0, 0.05) is 5.02 Å². The molecular formula is C10H6ClNO. The molecule has 0 aliphatic rings. The van der Waals surface area contributed by atoms with Crippen LogP contribution < -0.4 is 0 Å². The van der Waals surface area contributed by atoms with E-state index in [-0.39, 0.29) is 5.57 Å². The standard InChI is InChI=1S/C10H6ClNO/c11-10-3-1-8(2-4-10)5-9(6-12)7-13/h1-5,7H. The second-order valence-corrected chi connectivity index (χ2v) is 2.82. The van der Waals surface area contributed by atoms with E-state index in [1.165, 1.54) is 6.08 Å². The molecule has 0 unspecified atom stereocenters. The van der Waals surface area contributed by atoms with Crippen molar-refractivity contribution in [3.63, 3.8) is 0 Å². The molecule has 0 amide bonds. The number of benzene rings is 1. The number of halogens is 1. The first-order chi connectivity index (χ1) is 6.26. The Morgan fingerprint density at radius 3 is 2.46 bits per heavy atom. The van der Waals surface area contributed by atoms with Crippen LogP contribution in [0.2, 0.25) is 5.02 Å². The van der Waals surface area contributed by atoms with Crippen molar-refractivity contribution in [2.45, 2.75) is 0 Å². The van der Waals surface area contributed by atoms with Crippen LogP contribution in [0.3, 0.4) is 0 Å². The van der Waals surface area contributed by atoms with Crippen LogP contribution in [-0.2, 0) is 4.79 Å². The van der Waals surface area contributed by atoms with Crippen molar-refractivity contribution in [3.05, 3.63) is 40.4 Å². The highest BCUT2D eigenvalue weighted by Gasteiger charge is 1.93. The third-order valence-corrected chi connectivity index (χ3v) is 1.70. The minimum Gasteiger partial charge on any atom is -0.297 e. The van der Waals surface area contributed by atoms with E-state index in [0.717, 1.165) is 5.56 Å². The van der Waals surface area contributed by atoms with Gasteiger partial charge in [0.25, 0.3) is 0 Å². The van der Waals surface area contributed by atoms with Gasteiger partial charge in [-0.1, -0.05) is 23.7 Å². The maximum atomic E-state index is 10.3. The molecule has 0 fully saturated rings. The van der Waals surface area contributed by atoms with Gasteiger partial charge in [0.15, 0.2) is 6.29 Å². The lowest BCUT2D eigenvalue weighted by Crippen LogP contribution is -1.79. The largest absolute Gasteiger partial charge is 0.297 e. The van der Waals surface area contributed by atoms with Gasteiger partial charge in [0.2, 0.25) is 0 Å². The highest BCUT2D eigenvalue weighted by molar-refractivity contribution is 6.30. The number of carbonyl (C=O) groups excluding carboxylic acids is 1. The summed E-state index contributed by atoms with van der Waals surface area (Å²) in [6.45, 7) is 0. The van der Waals surface area contributed by atoms with E-state index in [1.807, 2.05) is 0 Å². The number of carbonyl (C=O) groups is 1. The topological polar surface area (TPSA) is 40.9 Å². The minimum atomic E-state index is 0.0994. The fraction of sp³-hybridized carbons (Fsp3) is 0. The predicted octanol–water partition coefficient (Wildman–Crippen LogP) is 2.45. The Labute approximate surface area is 81.1 Å². The predicted molar refractivity (Wildman–Crippen MR) is 51.1 cm³/mol. The molecule has 13 heavy (non-hydrogen) atoms. The third-order valence-electron chi connectivity index (χ3n) is 1.45. The summed E-state index contributed by atoms with van der Waals surface area (Å²) in [6, 6.07) is 8.66. The first-order valence-corrected chi connectivity index (χ1v) is 3.96. The molecule has 1 rings (SSSR count). The molecule has 0 atom stereocenters. The van der Waals surface area contributed by atoms with Crippen LogP contribution >= 0.6 is 11.6 Å². The summed E-state index contributed by atoms with van der Waals surface area (Å²) in [4.78, 5) is 10.3. The SMILES string of the molecule is N#CC(C=O)=Cc1ccc(Cl)cc1. The first kappa shape index (κ1) is 9.50. The Morgan fingerprint density at radius 1 is 1.38 bits per heavy atom. The molecule has 0 saturated carbocycles. The van der Waals surface area contributed by atoms with E-state index < -0.39 is 0 Å². The van der Waals surface area contributed by atoms with Crippen LogP contribution in [0.5, 0.6) is 0 Å². The van der Waals surface area contributed by atoms with E-state index in [2.05, 4.69) is 0 Å². The van der Waals surface area contributed by atoms with E-state index in [9.17, 15) is 4.79 Å². The van der Waals surface area contributed by atoms with Gasteiger partial charge < -0.3 is 0 Å². The number of rotatable bonds is 2. The second kappa shape index (κ2) is 4.44. The van der Waals surface area contributed by atoms with Crippen molar-refractivity contribution in [1.82, 2.24) is 0 Å². The van der Waals surface area contributed by atoms with Gasteiger partial charge in [-0.05, 0) is 23.8 Å². The van der Waals surface area contributed by atoms with Crippen LogP contribution in [-0.4, -0.2) is 6.29 Å². The summed E-state index contributed by atoms with van der Waals surface area (Å²) in [5.41, 5.74) is 0.885. The Morgan fingerprint density at radius 2 is 2.00 bits per heavy atom. The van der Waals surface area contributed by atoms with Crippen LogP contribution in [0.25, 0.3) is 6.08 Å². The van der Waals surface area contributed by atoms with Gasteiger partial charge in [-0.15, -0.1) is 0 Å². The molecule has 0 heterocycles. The molecule has 3 heteroatoms. The van der Waals surface area contributed by atoms with Gasteiger partial charge in [0.1, 0.15) is 6.07 Å². The Balaban J connectivity index is 2.98. The van der Waals surface area contributed by atoms with Gasteiger partial charge in [-0.25, -0.2) is 0 Å². The molecule has 0 bridgehead atoms. The molecule has 1 aromatic carbocycles. The molecule has 0 aromatic heterocycles. The van der Waals surface area contributed by atoms with Crippen molar-refractivity contribution in [2.75, 3.05) is 0 Å². The Kier molecular flexibility index (Phi) is 3.24. The average Bonchev–Trinajstić information content (AvgIpc) is 2.17. The van der Waals surface area contributed by atoms with Crippen molar-refractivity contribution < 1.29 is 4.79 Å². The number of nitrogens with zero attached hydrogens (tertiary/aromatic N) is 1. The number of allylic oxidation sites excluding steroid dienone is 1. The Bertz CT molecular complexity index is 373. The number of hydrogen-bond acceptors (Lipinski definition) is 2. The summed E-state index contributed by atoms with van der Waals surface area (Å²) in [6.07, 6.45) is 2.03. The zero-order chi connectivity index (χ0) is 9.68.